The van der Waals surface area contributed by atoms with Crippen molar-refractivity contribution in [1.29, 1.82) is 0 Å². The van der Waals surface area contributed by atoms with Gasteiger partial charge in [0.1, 0.15) is 5.82 Å². The number of nitrogens with zero attached hydrogens (tertiary/aromatic N) is 4. The van der Waals surface area contributed by atoms with Gasteiger partial charge in [-0.15, -0.1) is 10.2 Å². The summed E-state index contributed by atoms with van der Waals surface area (Å²) in [4.78, 5) is 26.8. The van der Waals surface area contributed by atoms with Gasteiger partial charge in [-0.25, -0.2) is 0 Å². The Hall–Kier alpha value is -2.70. The number of benzene rings is 1. The van der Waals surface area contributed by atoms with Crippen molar-refractivity contribution in [3.8, 4) is 11.4 Å². The molecule has 0 radical (unpaired) electrons. The van der Waals surface area contributed by atoms with Gasteiger partial charge in [0.25, 0.3) is 0 Å². The first-order valence-corrected chi connectivity index (χ1v) is 11.3. The molecule has 0 spiro atoms. The number of rotatable bonds is 5. The molecule has 2 aliphatic rings. The molecule has 1 saturated heterocycles. The molecule has 0 aliphatic carbocycles. The van der Waals surface area contributed by atoms with E-state index >= 15 is 0 Å². The third-order valence-corrected chi connectivity index (χ3v) is 6.17. The average Bonchev–Trinajstić information content (AvgIpc) is 2.92. The topological polar surface area (TPSA) is 80.1 Å². The van der Waals surface area contributed by atoms with E-state index in [2.05, 4.69) is 20.1 Å². The van der Waals surface area contributed by atoms with Gasteiger partial charge in [0, 0.05) is 50.5 Å². The first-order valence-electron chi connectivity index (χ1n) is 11.3. The van der Waals surface area contributed by atoms with E-state index in [-0.39, 0.29) is 24.3 Å². The number of carbonyl (C=O) groups excluding carboxylic acids is 2. The van der Waals surface area contributed by atoms with Crippen LogP contribution < -0.4 is 5.32 Å². The van der Waals surface area contributed by atoms with Crippen LogP contribution in [0.4, 0.5) is 0 Å². The molecule has 2 aliphatic heterocycles. The van der Waals surface area contributed by atoms with Gasteiger partial charge < -0.3 is 14.8 Å². The molecule has 160 valence electrons. The van der Waals surface area contributed by atoms with Crippen molar-refractivity contribution in [2.45, 2.75) is 70.4 Å². The summed E-state index contributed by atoms with van der Waals surface area (Å²) < 4.78 is 2.17. The highest BCUT2D eigenvalue weighted by molar-refractivity contribution is 5.83. The molecule has 1 aromatic heterocycles. The monoisotopic (exact) mass is 409 g/mol. The molecule has 7 heteroatoms. The van der Waals surface area contributed by atoms with Crippen LogP contribution in [0.2, 0.25) is 0 Å². The van der Waals surface area contributed by atoms with Gasteiger partial charge in [-0.2, -0.15) is 0 Å². The minimum absolute atomic E-state index is 0.0240. The number of nitrogens with one attached hydrogen (secondary N) is 1. The molecule has 0 saturated carbocycles. The van der Waals surface area contributed by atoms with Crippen molar-refractivity contribution in [3.05, 3.63) is 36.2 Å². The Morgan fingerprint density at radius 2 is 1.70 bits per heavy atom. The zero-order valence-electron chi connectivity index (χ0n) is 17.6. The summed E-state index contributed by atoms with van der Waals surface area (Å²) in [6.07, 6.45) is 7.61. The Kier molecular flexibility index (Phi) is 6.77. The molecule has 2 amide bonds. The second kappa shape index (κ2) is 9.87. The minimum Gasteiger partial charge on any atom is -0.353 e. The first-order chi connectivity index (χ1) is 14.7. The van der Waals surface area contributed by atoms with Crippen LogP contribution in [-0.4, -0.2) is 50.6 Å². The van der Waals surface area contributed by atoms with E-state index in [0.29, 0.717) is 6.42 Å². The van der Waals surface area contributed by atoms with E-state index in [1.807, 2.05) is 35.2 Å². The number of fused-ring (bicyclic) bond motifs is 1. The number of aryl methyl sites for hydroxylation is 1. The summed E-state index contributed by atoms with van der Waals surface area (Å²) in [5.74, 6) is 1.96. The highest BCUT2D eigenvalue weighted by Crippen LogP contribution is 2.22. The van der Waals surface area contributed by atoms with Gasteiger partial charge >= 0.3 is 0 Å². The SMILES string of the molecule is O=C(CCC(=O)N1CCCCCC1)NC1CCc2nnc(-c3ccccc3)n2CC1. The van der Waals surface area contributed by atoms with E-state index in [0.717, 1.165) is 69.0 Å². The van der Waals surface area contributed by atoms with E-state index in [1.54, 1.807) is 0 Å². The summed E-state index contributed by atoms with van der Waals surface area (Å²) in [5, 5.41) is 11.9. The molecule has 3 heterocycles. The maximum absolute atomic E-state index is 12.5. The fourth-order valence-electron chi connectivity index (χ4n) is 4.43. The lowest BCUT2D eigenvalue weighted by Gasteiger charge is -2.21. The van der Waals surface area contributed by atoms with Crippen molar-refractivity contribution >= 4 is 11.8 Å². The van der Waals surface area contributed by atoms with Gasteiger partial charge in [-0.05, 0) is 25.7 Å². The number of aromatic nitrogens is 3. The van der Waals surface area contributed by atoms with Crippen LogP contribution in [0.5, 0.6) is 0 Å². The largest absolute Gasteiger partial charge is 0.353 e. The fourth-order valence-corrected chi connectivity index (χ4v) is 4.43. The van der Waals surface area contributed by atoms with Gasteiger partial charge in [-0.3, -0.25) is 9.59 Å². The molecule has 1 unspecified atom stereocenters. The Morgan fingerprint density at radius 3 is 2.47 bits per heavy atom. The smallest absolute Gasteiger partial charge is 0.223 e. The number of hydrogen-bond donors (Lipinski definition) is 1. The van der Waals surface area contributed by atoms with Crippen LogP contribution in [0.25, 0.3) is 11.4 Å². The van der Waals surface area contributed by atoms with Crippen LogP contribution >= 0.6 is 0 Å². The Bertz CT molecular complexity index is 856. The average molecular weight is 410 g/mol. The molecule has 2 aromatic rings. The molecule has 1 N–H and O–H groups in total. The standard InChI is InChI=1S/C23H31N5O2/c29-21(12-13-22(30)27-15-6-1-2-7-16-27)24-19-10-11-20-25-26-23(28(20)17-14-19)18-8-4-3-5-9-18/h3-5,8-9,19H,1-2,6-7,10-17H2,(H,24,29). The molecule has 1 fully saturated rings. The molecule has 1 atom stereocenters. The third-order valence-electron chi connectivity index (χ3n) is 6.17. The number of amides is 2. The zero-order chi connectivity index (χ0) is 20.8. The highest BCUT2D eigenvalue weighted by atomic mass is 16.2. The van der Waals surface area contributed by atoms with E-state index < -0.39 is 0 Å². The third kappa shape index (κ3) is 5.07. The van der Waals surface area contributed by atoms with Crippen LogP contribution in [0.1, 0.15) is 57.2 Å². The van der Waals surface area contributed by atoms with E-state index in [1.165, 1.54) is 12.8 Å². The second-order valence-electron chi connectivity index (χ2n) is 8.34. The van der Waals surface area contributed by atoms with E-state index in [4.69, 9.17) is 0 Å². The predicted octanol–water partition coefficient (Wildman–Crippen LogP) is 2.95. The summed E-state index contributed by atoms with van der Waals surface area (Å²) in [5.41, 5.74) is 1.06. The quantitative estimate of drug-likeness (QED) is 0.823. The fraction of sp³-hybridized carbons (Fsp3) is 0.565. The summed E-state index contributed by atoms with van der Waals surface area (Å²) in [6.45, 7) is 2.46. The second-order valence-corrected chi connectivity index (χ2v) is 8.34. The summed E-state index contributed by atoms with van der Waals surface area (Å²) in [6, 6.07) is 10.2. The van der Waals surface area contributed by atoms with Gasteiger partial charge in [0.05, 0.1) is 0 Å². The molecule has 30 heavy (non-hydrogen) atoms. The van der Waals surface area contributed by atoms with Crippen molar-refractivity contribution in [3.63, 3.8) is 0 Å². The lowest BCUT2D eigenvalue weighted by molar-refractivity contribution is -0.133. The lowest BCUT2D eigenvalue weighted by Crippen LogP contribution is -2.37. The molecule has 0 bridgehead atoms. The molecule has 1 aromatic carbocycles. The maximum atomic E-state index is 12.5. The van der Waals surface area contributed by atoms with Gasteiger partial charge in [0.2, 0.25) is 11.8 Å². The van der Waals surface area contributed by atoms with E-state index in [9.17, 15) is 9.59 Å². The van der Waals surface area contributed by atoms with Crippen LogP contribution in [0.15, 0.2) is 30.3 Å². The van der Waals surface area contributed by atoms with Gasteiger partial charge in [0.15, 0.2) is 5.82 Å². The van der Waals surface area contributed by atoms with Crippen LogP contribution in [-0.2, 0) is 22.6 Å². The molecular formula is C23H31N5O2. The maximum Gasteiger partial charge on any atom is 0.223 e. The predicted molar refractivity (Wildman–Crippen MR) is 115 cm³/mol. The van der Waals surface area contributed by atoms with Crippen molar-refractivity contribution in [2.24, 2.45) is 0 Å². The lowest BCUT2D eigenvalue weighted by atomic mass is 10.1. The van der Waals surface area contributed by atoms with Crippen LogP contribution in [0, 0.1) is 0 Å². The first kappa shape index (κ1) is 20.6. The van der Waals surface area contributed by atoms with Crippen LogP contribution in [0.3, 0.4) is 0 Å². The normalized spacial score (nSPS) is 19.5. The number of likely N-dealkylation sites (tertiary alicyclic amines) is 1. The Morgan fingerprint density at radius 1 is 0.933 bits per heavy atom. The Labute approximate surface area is 177 Å². The summed E-state index contributed by atoms with van der Waals surface area (Å²) >= 11 is 0. The van der Waals surface area contributed by atoms with Gasteiger partial charge in [-0.1, -0.05) is 43.2 Å². The molecule has 4 rings (SSSR count). The molecular weight excluding hydrogens is 378 g/mol. The Balaban J connectivity index is 1.27. The summed E-state index contributed by atoms with van der Waals surface area (Å²) in [7, 11) is 0. The zero-order valence-corrected chi connectivity index (χ0v) is 17.6. The minimum atomic E-state index is -0.0240. The number of hydrogen-bond acceptors (Lipinski definition) is 4. The number of carbonyl (C=O) groups is 2. The molecule has 7 nitrogen and oxygen atoms in total. The highest BCUT2D eigenvalue weighted by Gasteiger charge is 2.23. The van der Waals surface area contributed by atoms with Crippen molar-refractivity contribution < 1.29 is 9.59 Å². The van der Waals surface area contributed by atoms with Crippen molar-refractivity contribution in [1.82, 2.24) is 25.0 Å². The van der Waals surface area contributed by atoms with Crippen molar-refractivity contribution in [2.75, 3.05) is 13.1 Å².